The molecular weight excluding hydrogens is 490 g/mol. The lowest BCUT2D eigenvalue weighted by molar-refractivity contribution is -0.203. The van der Waals surface area contributed by atoms with Gasteiger partial charge >= 0.3 is 0 Å². The molecule has 37 heavy (non-hydrogen) atoms. The molecule has 7 nitrogen and oxygen atoms in total. The lowest BCUT2D eigenvalue weighted by atomic mass is 9.41. The minimum atomic E-state index is -4.09. The zero-order valence-corrected chi connectivity index (χ0v) is 24.3. The van der Waals surface area contributed by atoms with E-state index in [2.05, 4.69) is 33.0 Å². The molecule has 4 saturated carbocycles. The first-order valence-corrected chi connectivity index (χ1v) is 16.4. The highest BCUT2D eigenvalue weighted by atomic mass is 32.2. The Bertz CT molecular complexity index is 941. The van der Waals surface area contributed by atoms with Gasteiger partial charge in [-0.05, 0) is 104 Å². The van der Waals surface area contributed by atoms with E-state index in [1.54, 1.807) is 0 Å². The highest BCUT2D eigenvalue weighted by Crippen LogP contribution is 2.69. The molecule has 4 aliphatic carbocycles. The van der Waals surface area contributed by atoms with Crippen LogP contribution in [0.1, 0.15) is 92.4 Å². The van der Waals surface area contributed by atoms with Crippen molar-refractivity contribution in [2.75, 3.05) is 12.3 Å². The third-order valence-corrected chi connectivity index (χ3v) is 12.7. The van der Waals surface area contributed by atoms with Gasteiger partial charge in [-0.1, -0.05) is 41.0 Å². The van der Waals surface area contributed by atoms with Gasteiger partial charge < -0.3 is 15.5 Å². The topological polar surface area (TPSA) is 124 Å². The van der Waals surface area contributed by atoms with E-state index >= 15 is 0 Å². The lowest BCUT2D eigenvalue weighted by Crippen LogP contribution is -2.62. The molecule has 0 aromatic rings. The van der Waals surface area contributed by atoms with Crippen LogP contribution in [-0.2, 0) is 14.9 Å². The predicted molar refractivity (Wildman–Crippen MR) is 144 cm³/mol. The highest BCUT2D eigenvalue weighted by Gasteiger charge is 2.64. The Labute approximate surface area is 224 Å². The summed E-state index contributed by atoms with van der Waals surface area (Å²) in [7, 11) is -4.09. The summed E-state index contributed by atoms with van der Waals surface area (Å²) in [6.07, 6.45) is 8.54. The van der Waals surface area contributed by atoms with Crippen molar-refractivity contribution in [3.8, 4) is 0 Å². The molecule has 1 amide bonds. The molecule has 4 rings (SSSR count). The van der Waals surface area contributed by atoms with Crippen LogP contribution < -0.4 is 5.32 Å². The molecule has 0 bridgehead atoms. The third kappa shape index (κ3) is 5.38. The molecule has 0 aromatic carbocycles. The van der Waals surface area contributed by atoms with Crippen LogP contribution in [0.4, 0.5) is 0 Å². The summed E-state index contributed by atoms with van der Waals surface area (Å²) in [5, 5.41) is 25.0. The van der Waals surface area contributed by atoms with E-state index < -0.39 is 15.9 Å². The van der Waals surface area contributed by atoms with Crippen molar-refractivity contribution in [3.63, 3.8) is 0 Å². The summed E-state index contributed by atoms with van der Waals surface area (Å²) >= 11 is 0. The molecule has 214 valence electrons. The maximum absolute atomic E-state index is 12.6. The SMILES string of the molecule is CC[C@H]1[C@@H](O)C2C3CC[C@H]([C@@H](C)CC(C)C(=O)NCCS(=O)(=O)O)[C@@]3(C)CCC2[C@@]2(C)CC[C@@H](O)C[C@@H]12. The minimum absolute atomic E-state index is 0.0735. The van der Waals surface area contributed by atoms with Gasteiger partial charge in [-0.3, -0.25) is 9.35 Å². The first-order chi connectivity index (χ1) is 17.2. The first-order valence-electron chi connectivity index (χ1n) is 14.8. The van der Waals surface area contributed by atoms with E-state index in [-0.39, 0.29) is 47.3 Å². The second-order valence-electron chi connectivity index (χ2n) is 13.8. The van der Waals surface area contributed by atoms with E-state index in [9.17, 15) is 23.4 Å². The largest absolute Gasteiger partial charge is 0.393 e. The number of amides is 1. The maximum atomic E-state index is 12.6. The van der Waals surface area contributed by atoms with Crippen LogP contribution in [0.15, 0.2) is 0 Å². The summed E-state index contributed by atoms with van der Waals surface area (Å²) in [6.45, 7) is 11.2. The Morgan fingerprint density at radius 2 is 1.65 bits per heavy atom. The highest BCUT2D eigenvalue weighted by molar-refractivity contribution is 7.85. The predicted octanol–water partition coefficient (Wildman–Crippen LogP) is 4.28. The van der Waals surface area contributed by atoms with Gasteiger partial charge in [0.25, 0.3) is 10.1 Å². The zero-order valence-electron chi connectivity index (χ0n) is 23.5. The third-order valence-electron chi connectivity index (χ3n) is 12.0. The van der Waals surface area contributed by atoms with Gasteiger partial charge in [0.15, 0.2) is 0 Å². The zero-order chi connectivity index (χ0) is 27.3. The fourth-order valence-corrected chi connectivity index (χ4v) is 10.6. The molecule has 0 radical (unpaired) electrons. The molecule has 4 aliphatic rings. The number of hydrogen-bond acceptors (Lipinski definition) is 5. The molecule has 4 unspecified atom stereocenters. The van der Waals surface area contributed by atoms with Crippen LogP contribution in [0.25, 0.3) is 0 Å². The molecule has 4 N–H and O–H groups in total. The Morgan fingerprint density at radius 3 is 2.30 bits per heavy atom. The summed E-state index contributed by atoms with van der Waals surface area (Å²) < 4.78 is 30.8. The smallest absolute Gasteiger partial charge is 0.266 e. The number of hydrogen-bond donors (Lipinski definition) is 4. The average Bonchev–Trinajstić information content (AvgIpc) is 3.16. The van der Waals surface area contributed by atoms with Crippen LogP contribution >= 0.6 is 0 Å². The summed E-state index contributed by atoms with van der Waals surface area (Å²) in [5.41, 5.74) is 0.349. The molecule has 4 fully saturated rings. The minimum Gasteiger partial charge on any atom is -0.393 e. The summed E-state index contributed by atoms with van der Waals surface area (Å²) in [6, 6.07) is 0. The van der Waals surface area contributed by atoms with Gasteiger partial charge in [0, 0.05) is 12.5 Å². The molecule has 0 spiro atoms. The van der Waals surface area contributed by atoms with E-state index in [4.69, 9.17) is 4.55 Å². The monoisotopic (exact) mass is 541 g/mol. The van der Waals surface area contributed by atoms with Crippen molar-refractivity contribution in [1.82, 2.24) is 5.32 Å². The van der Waals surface area contributed by atoms with E-state index in [0.29, 0.717) is 35.5 Å². The van der Waals surface area contributed by atoms with Gasteiger partial charge in [-0.2, -0.15) is 8.42 Å². The van der Waals surface area contributed by atoms with Crippen LogP contribution in [0.5, 0.6) is 0 Å². The van der Waals surface area contributed by atoms with Gasteiger partial charge in [0.05, 0.1) is 18.0 Å². The number of rotatable bonds is 8. The molecule has 0 heterocycles. The lowest BCUT2D eigenvalue weighted by Gasteiger charge is -2.64. The molecule has 12 atom stereocenters. The summed E-state index contributed by atoms with van der Waals surface area (Å²) in [5.74, 6) is 1.98. The molecule has 8 heteroatoms. The maximum Gasteiger partial charge on any atom is 0.266 e. The molecule has 0 saturated heterocycles. The van der Waals surface area contributed by atoms with Crippen LogP contribution in [0.3, 0.4) is 0 Å². The fraction of sp³-hybridized carbons (Fsp3) is 0.966. The Morgan fingerprint density at radius 1 is 1.00 bits per heavy atom. The van der Waals surface area contributed by atoms with Crippen molar-refractivity contribution in [2.45, 2.75) is 105 Å². The first kappa shape index (κ1) is 29.3. The molecular formula is C29H51NO6S. The number of aliphatic hydroxyl groups excluding tert-OH is 2. The number of fused-ring (bicyclic) bond motifs is 5. The number of aliphatic hydroxyl groups is 2. The second kappa shape index (κ2) is 10.7. The number of carbonyl (C=O) groups is 1. The van der Waals surface area contributed by atoms with Gasteiger partial charge in [0.1, 0.15) is 0 Å². The van der Waals surface area contributed by atoms with E-state index in [1.165, 1.54) is 0 Å². The van der Waals surface area contributed by atoms with Gasteiger partial charge in [-0.25, -0.2) is 0 Å². The van der Waals surface area contributed by atoms with Crippen molar-refractivity contribution in [3.05, 3.63) is 0 Å². The quantitative estimate of drug-likeness (QED) is 0.340. The second-order valence-corrected chi connectivity index (χ2v) is 15.4. The number of nitrogens with one attached hydrogen (secondary N) is 1. The fourth-order valence-electron chi connectivity index (χ4n) is 10.2. The Kier molecular flexibility index (Phi) is 8.47. The normalized spacial score (nSPS) is 45.3. The van der Waals surface area contributed by atoms with Crippen LogP contribution in [0.2, 0.25) is 0 Å². The molecule has 0 aromatic heterocycles. The van der Waals surface area contributed by atoms with E-state index in [1.807, 2.05) is 6.92 Å². The van der Waals surface area contributed by atoms with Crippen molar-refractivity contribution in [2.24, 2.45) is 58.2 Å². The van der Waals surface area contributed by atoms with Crippen molar-refractivity contribution in [1.29, 1.82) is 0 Å². The molecule has 0 aliphatic heterocycles. The Balaban J connectivity index is 1.47. The van der Waals surface area contributed by atoms with Crippen LogP contribution in [-0.4, -0.2) is 53.6 Å². The Hall–Kier alpha value is -0.700. The van der Waals surface area contributed by atoms with E-state index in [0.717, 1.165) is 57.8 Å². The number of carbonyl (C=O) groups excluding carboxylic acids is 1. The average molecular weight is 542 g/mol. The van der Waals surface area contributed by atoms with Gasteiger partial charge in [0.2, 0.25) is 5.91 Å². The van der Waals surface area contributed by atoms with Crippen molar-refractivity contribution >= 4 is 16.0 Å². The standard InChI is InChI=1S/C29H51NO6S/c1-6-20-24-16-19(31)9-11-29(24,5)23-10-12-28(4)21(7-8-22(28)25(23)26(20)32)17(2)15-18(3)27(33)30-13-14-37(34,35)36/h17-26,31-32H,6-16H2,1-5H3,(H,30,33)(H,34,35,36)/t17-,18?,19+,20+,21+,22?,23?,24-,25?,26+,28+,29+/m0/s1. The summed E-state index contributed by atoms with van der Waals surface area (Å²) in [4.78, 5) is 12.6. The van der Waals surface area contributed by atoms with Crippen molar-refractivity contribution < 1.29 is 28.0 Å². The van der Waals surface area contributed by atoms with Gasteiger partial charge in [-0.15, -0.1) is 0 Å². The van der Waals surface area contributed by atoms with Crippen LogP contribution in [0, 0.1) is 58.2 Å².